The first kappa shape index (κ1) is 16.6. The van der Waals surface area contributed by atoms with Crippen LogP contribution in [0.5, 0.6) is 0 Å². The third-order valence-electron chi connectivity index (χ3n) is 3.92. The van der Waals surface area contributed by atoms with Crippen LogP contribution in [0.3, 0.4) is 0 Å². The molecule has 1 amide bonds. The zero-order valence-electron chi connectivity index (χ0n) is 12.8. The van der Waals surface area contributed by atoms with Gasteiger partial charge >= 0.3 is 0 Å². The van der Waals surface area contributed by atoms with E-state index in [-0.39, 0.29) is 24.5 Å². The van der Waals surface area contributed by atoms with Crippen LogP contribution in [0.25, 0.3) is 10.2 Å². The highest BCUT2D eigenvalue weighted by Gasteiger charge is 2.23. The van der Waals surface area contributed by atoms with Crippen LogP contribution in [0.2, 0.25) is 0 Å². The lowest BCUT2D eigenvalue weighted by Gasteiger charge is -2.29. The summed E-state index contributed by atoms with van der Waals surface area (Å²) in [5.41, 5.74) is -0.528. The summed E-state index contributed by atoms with van der Waals surface area (Å²) < 4.78 is 1.46. The third kappa shape index (κ3) is 3.72. The Balaban J connectivity index is 2.01. The number of aliphatic hydroxyl groups is 1. The van der Waals surface area contributed by atoms with E-state index in [1.165, 1.54) is 22.2 Å². The van der Waals surface area contributed by atoms with Crippen LogP contribution in [0.1, 0.15) is 33.1 Å². The van der Waals surface area contributed by atoms with Crippen molar-refractivity contribution in [1.82, 2.24) is 14.9 Å². The molecule has 0 saturated heterocycles. The number of aliphatic hydroxyl groups excluding tert-OH is 1. The molecule has 0 bridgehead atoms. The molecule has 6 nitrogen and oxygen atoms in total. The molecule has 120 valence electrons. The van der Waals surface area contributed by atoms with Gasteiger partial charge in [0.1, 0.15) is 4.83 Å². The first-order chi connectivity index (χ1) is 10.5. The van der Waals surface area contributed by atoms with Gasteiger partial charge in [-0.3, -0.25) is 14.2 Å². The van der Waals surface area contributed by atoms with Gasteiger partial charge in [-0.15, -0.1) is 11.3 Å². The molecule has 2 aromatic heterocycles. The average molecular weight is 323 g/mol. The maximum atomic E-state index is 12.2. The molecule has 2 heterocycles. The van der Waals surface area contributed by atoms with Gasteiger partial charge in [0.05, 0.1) is 11.7 Å². The van der Waals surface area contributed by atoms with Crippen molar-refractivity contribution < 1.29 is 9.90 Å². The fourth-order valence-electron chi connectivity index (χ4n) is 2.25. The minimum atomic E-state index is -0.410. The van der Waals surface area contributed by atoms with Gasteiger partial charge in [-0.05, 0) is 31.2 Å². The molecule has 0 aliphatic rings. The van der Waals surface area contributed by atoms with E-state index >= 15 is 0 Å². The predicted octanol–water partition coefficient (Wildman–Crippen LogP) is 1.52. The molecule has 2 aromatic rings. The number of nitrogens with one attached hydrogen (secondary N) is 1. The molecule has 0 radical (unpaired) electrons. The predicted molar refractivity (Wildman–Crippen MR) is 87.0 cm³/mol. The number of carbonyl (C=O) groups is 1. The number of aryl methyl sites for hydroxylation is 1. The largest absolute Gasteiger partial charge is 0.396 e. The van der Waals surface area contributed by atoms with Gasteiger partial charge < -0.3 is 10.4 Å². The lowest BCUT2D eigenvalue weighted by atomic mass is 9.95. The Morgan fingerprint density at radius 3 is 3.00 bits per heavy atom. The Morgan fingerprint density at radius 2 is 2.32 bits per heavy atom. The lowest BCUT2D eigenvalue weighted by Crippen LogP contribution is -2.46. The minimum Gasteiger partial charge on any atom is -0.396 e. The van der Waals surface area contributed by atoms with Crippen molar-refractivity contribution in [1.29, 1.82) is 0 Å². The van der Waals surface area contributed by atoms with Crippen LogP contribution in [-0.2, 0) is 11.3 Å². The number of hydrogen-bond donors (Lipinski definition) is 2. The van der Waals surface area contributed by atoms with E-state index in [0.717, 1.165) is 6.42 Å². The smallest absolute Gasteiger partial charge is 0.262 e. The number of thiophene rings is 1. The van der Waals surface area contributed by atoms with E-state index in [4.69, 9.17) is 5.11 Å². The Kier molecular flexibility index (Phi) is 5.31. The third-order valence-corrected chi connectivity index (χ3v) is 4.74. The molecular formula is C15H21N3O3S. The van der Waals surface area contributed by atoms with E-state index in [2.05, 4.69) is 10.3 Å². The summed E-state index contributed by atoms with van der Waals surface area (Å²) in [6, 6.07) is 1.75. The monoisotopic (exact) mass is 323 g/mol. The highest BCUT2D eigenvalue weighted by atomic mass is 32.1. The molecule has 2 N–H and O–H groups in total. The SMILES string of the molecule is CCC(C)(CCO)NC(=O)CCn1cnc2sccc2c1=O. The highest BCUT2D eigenvalue weighted by molar-refractivity contribution is 7.16. The zero-order chi connectivity index (χ0) is 16.2. The topological polar surface area (TPSA) is 84.2 Å². The second-order valence-corrected chi connectivity index (χ2v) is 6.46. The maximum absolute atomic E-state index is 12.2. The van der Waals surface area contributed by atoms with E-state index in [0.29, 0.717) is 23.2 Å². The normalized spacial score (nSPS) is 14.0. The van der Waals surface area contributed by atoms with Crippen LogP contribution in [0.15, 0.2) is 22.6 Å². The van der Waals surface area contributed by atoms with Gasteiger partial charge in [-0.25, -0.2) is 4.98 Å². The molecule has 2 rings (SSSR count). The van der Waals surface area contributed by atoms with Gasteiger partial charge in [-0.2, -0.15) is 0 Å². The van der Waals surface area contributed by atoms with Crippen LogP contribution in [0, 0.1) is 0 Å². The second kappa shape index (κ2) is 7.02. The van der Waals surface area contributed by atoms with Crippen molar-refractivity contribution in [2.24, 2.45) is 0 Å². The van der Waals surface area contributed by atoms with Crippen LogP contribution >= 0.6 is 11.3 Å². The van der Waals surface area contributed by atoms with Gasteiger partial charge in [0.25, 0.3) is 5.56 Å². The number of aromatic nitrogens is 2. The summed E-state index contributed by atoms with van der Waals surface area (Å²) in [5.74, 6) is -0.130. The summed E-state index contributed by atoms with van der Waals surface area (Å²) in [4.78, 5) is 29.2. The van der Waals surface area contributed by atoms with Crippen LogP contribution < -0.4 is 10.9 Å². The number of carbonyl (C=O) groups excluding carboxylic acids is 1. The number of rotatable bonds is 7. The quantitative estimate of drug-likeness (QED) is 0.809. The fourth-order valence-corrected chi connectivity index (χ4v) is 2.97. The maximum Gasteiger partial charge on any atom is 0.262 e. The van der Waals surface area contributed by atoms with E-state index < -0.39 is 5.54 Å². The van der Waals surface area contributed by atoms with Gasteiger partial charge in [-0.1, -0.05) is 6.92 Å². The molecule has 0 aliphatic heterocycles. The molecule has 22 heavy (non-hydrogen) atoms. The van der Waals surface area contributed by atoms with E-state index in [1.54, 1.807) is 6.07 Å². The van der Waals surface area contributed by atoms with Crippen LogP contribution in [0.4, 0.5) is 0 Å². The number of nitrogens with zero attached hydrogens (tertiary/aromatic N) is 2. The Bertz CT molecular complexity index is 709. The van der Waals surface area contributed by atoms with Crippen molar-refractivity contribution in [3.8, 4) is 0 Å². The van der Waals surface area contributed by atoms with Gasteiger partial charge in [0.15, 0.2) is 0 Å². The molecule has 0 aliphatic carbocycles. The van der Waals surface area contributed by atoms with Crippen molar-refractivity contribution in [3.63, 3.8) is 0 Å². The van der Waals surface area contributed by atoms with Crippen molar-refractivity contribution in [2.75, 3.05) is 6.61 Å². The van der Waals surface area contributed by atoms with Gasteiger partial charge in [0.2, 0.25) is 5.91 Å². The zero-order valence-corrected chi connectivity index (χ0v) is 13.7. The fraction of sp³-hybridized carbons (Fsp3) is 0.533. The summed E-state index contributed by atoms with van der Waals surface area (Å²) in [5, 5.41) is 14.4. The van der Waals surface area contributed by atoms with Gasteiger partial charge in [0, 0.05) is 25.1 Å². The number of hydrogen-bond acceptors (Lipinski definition) is 5. The van der Waals surface area contributed by atoms with E-state index in [9.17, 15) is 9.59 Å². The number of fused-ring (bicyclic) bond motifs is 1. The molecule has 7 heteroatoms. The average Bonchev–Trinajstić information content (AvgIpc) is 2.96. The second-order valence-electron chi connectivity index (χ2n) is 5.57. The molecule has 1 atom stereocenters. The summed E-state index contributed by atoms with van der Waals surface area (Å²) in [6.07, 6.45) is 2.94. The minimum absolute atomic E-state index is 0.0306. The summed E-state index contributed by atoms with van der Waals surface area (Å²) in [7, 11) is 0. The molecule has 0 fully saturated rings. The Labute approximate surface area is 132 Å². The van der Waals surface area contributed by atoms with Crippen molar-refractivity contribution >= 4 is 27.5 Å². The van der Waals surface area contributed by atoms with Crippen molar-refractivity contribution in [3.05, 3.63) is 28.1 Å². The van der Waals surface area contributed by atoms with E-state index in [1.807, 2.05) is 19.2 Å². The van der Waals surface area contributed by atoms with Crippen LogP contribution in [-0.4, -0.2) is 32.7 Å². The Morgan fingerprint density at radius 1 is 1.55 bits per heavy atom. The molecule has 1 unspecified atom stereocenters. The first-order valence-electron chi connectivity index (χ1n) is 7.33. The molecule has 0 aromatic carbocycles. The molecule has 0 spiro atoms. The van der Waals surface area contributed by atoms with Crippen molar-refractivity contribution in [2.45, 2.75) is 45.2 Å². The standard InChI is InChI=1S/C15H21N3O3S/c1-3-15(2,6-8-19)17-12(20)4-7-18-10-16-13-11(14(18)21)5-9-22-13/h5,9-10,19H,3-4,6-8H2,1-2H3,(H,17,20). The first-order valence-corrected chi connectivity index (χ1v) is 8.21. The highest BCUT2D eigenvalue weighted by Crippen LogP contribution is 2.15. The Hall–Kier alpha value is -1.73. The summed E-state index contributed by atoms with van der Waals surface area (Å²) in [6.45, 7) is 4.20. The molecule has 0 saturated carbocycles. The number of amides is 1. The summed E-state index contributed by atoms with van der Waals surface area (Å²) >= 11 is 1.42. The lowest BCUT2D eigenvalue weighted by molar-refractivity contribution is -0.123. The molecular weight excluding hydrogens is 302 g/mol.